The Morgan fingerprint density at radius 1 is 1.07 bits per heavy atom. The number of hydrogen-bond acceptors (Lipinski definition) is 10. The highest BCUT2D eigenvalue weighted by atomic mass is 32.2. The molecule has 3 aromatic rings. The first kappa shape index (κ1) is 30.7. The van der Waals surface area contributed by atoms with Crippen LogP contribution in [0, 0.1) is 32.1 Å². The molecule has 0 aliphatic rings. The summed E-state index contributed by atoms with van der Waals surface area (Å²) in [6.07, 6.45) is 4.64. The molecule has 0 atom stereocenters. The first-order chi connectivity index (χ1) is 18.8. The van der Waals surface area contributed by atoms with Crippen LogP contribution in [-0.4, -0.2) is 51.4 Å². The number of nitro groups is 2. The van der Waals surface area contributed by atoms with Gasteiger partial charge in [0.2, 0.25) is 10.0 Å². The van der Waals surface area contributed by atoms with Crippen molar-refractivity contribution >= 4 is 45.1 Å². The van der Waals surface area contributed by atoms with E-state index in [1.165, 1.54) is 28.7 Å². The SMILES string of the molecule is CC(C)CN(CC(C)C)S(=O)(=O)c1cc([N+](=O)[O-])ccc1N/N=C\c1ccc(Sc2nccn2C)c([N+](=O)[O-])c1. The smallest absolute Gasteiger partial charge is 0.283 e. The van der Waals surface area contributed by atoms with Crippen LogP contribution in [-0.2, 0) is 17.1 Å². The number of imidazole rings is 1. The molecule has 0 amide bonds. The molecule has 2 aromatic carbocycles. The number of anilines is 1. The summed E-state index contributed by atoms with van der Waals surface area (Å²) in [5, 5.41) is 27.8. The minimum Gasteiger partial charge on any atom is -0.329 e. The first-order valence-electron chi connectivity index (χ1n) is 12.3. The molecule has 3 rings (SSSR count). The summed E-state index contributed by atoms with van der Waals surface area (Å²) in [4.78, 5) is 26.3. The maximum Gasteiger partial charge on any atom is 0.283 e. The summed E-state index contributed by atoms with van der Waals surface area (Å²) in [6.45, 7) is 8.02. The number of hydrazone groups is 1. The average Bonchev–Trinajstić information content (AvgIpc) is 3.27. The molecule has 0 aliphatic carbocycles. The molecule has 214 valence electrons. The Morgan fingerprint density at radius 3 is 2.30 bits per heavy atom. The number of hydrogen-bond donors (Lipinski definition) is 1. The van der Waals surface area contributed by atoms with Gasteiger partial charge >= 0.3 is 0 Å². The maximum atomic E-state index is 13.7. The zero-order chi connectivity index (χ0) is 29.6. The van der Waals surface area contributed by atoms with Gasteiger partial charge in [-0.05, 0) is 35.7 Å². The third kappa shape index (κ3) is 7.64. The number of aryl methyl sites for hydroxylation is 1. The van der Waals surface area contributed by atoms with Gasteiger partial charge in [-0.1, -0.05) is 33.8 Å². The predicted molar refractivity (Wildman–Crippen MR) is 153 cm³/mol. The molecule has 13 nitrogen and oxygen atoms in total. The summed E-state index contributed by atoms with van der Waals surface area (Å²) in [5.41, 5.74) is 2.56. The van der Waals surface area contributed by atoms with Gasteiger partial charge in [0.1, 0.15) is 4.90 Å². The number of aromatic nitrogens is 2. The van der Waals surface area contributed by atoms with Gasteiger partial charge in [-0.25, -0.2) is 13.4 Å². The highest BCUT2D eigenvalue weighted by molar-refractivity contribution is 7.99. The van der Waals surface area contributed by atoms with Gasteiger partial charge in [0, 0.05) is 56.3 Å². The van der Waals surface area contributed by atoms with Crippen molar-refractivity contribution in [2.45, 2.75) is 42.6 Å². The predicted octanol–water partition coefficient (Wildman–Crippen LogP) is 5.14. The summed E-state index contributed by atoms with van der Waals surface area (Å²) in [6, 6.07) is 8.02. The quantitative estimate of drug-likeness (QED) is 0.161. The van der Waals surface area contributed by atoms with Crippen LogP contribution in [0.4, 0.5) is 17.1 Å². The molecule has 15 heteroatoms. The zero-order valence-electron chi connectivity index (χ0n) is 22.7. The third-order valence-corrected chi connectivity index (χ3v) is 8.50. The van der Waals surface area contributed by atoms with E-state index in [0.717, 1.165) is 17.8 Å². The van der Waals surface area contributed by atoms with E-state index < -0.39 is 19.9 Å². The molecular formula is C25H31N7O6S2. The monoisotopic (exact) mass is 589 g/mol. The Labute approximate surface area is 236 Å². The Hall–Kier alpha value is -3.82. The van der Waals surface area contributed by atoms with Crippen molar-refractivity contribution in [2.24, 2.45) is 24.0 Å². The fourth-order valence-electron chi connectivity index (χ4n) is 3.72. The summed E-state index contributed by atoms with van der Waals surface area (Å²) < 4.78 is 30.4. The molecular weight excluding hydrogens is 558 g/mol. The van der Waals surface area contributed by atoms with Crippen LogP contribution in [0.1, 0.15) is 33.3 Å². The molecule has 1 heterocycles. The lowest BCUT2D eigenvalue weighted by Crippen LogP contribution is -2.37. The van der Waals surface area contributed by atoms with Crippen molar-refractivity contribution in [2.75, 3.05) is 18.5 Å². The number of nitrogens with one attached hydrogen (secondary N) is 1. The average molecular weight is 590 g/mol. The minimum absolute atomic E-state index is 0.0241. The number of non-ortho nitro benzene ring substituents is 1. The molecule has 0 unspecified atom stereocenters. The fourth-order valence-corrected chi connectivity index (χ4v) is 6.54. The highest BCUT2D eigenvalue weighted by Gasteiger charge is 2.30. The van der Waals surface area contributed by atoms with E-state index in [1.54, 1.807) is 36.1 Å². The van der Waals surface area contributed by atoms with E-state index in [2.05, 4.69) is 15.5 Å². The second-order valence-corrected chi connectivity index (χ2v) is 12.7. The van der Waals surface area contributed by atoms with Gasteiger partial charge in [0.25, 0.3) is 11.4 Å². The van der Waals surface area contributed by atoms with Crippen molar-refractivity contribution < 1.29 is 18.3 Å². The number of nitrogens with zero attached hydrogens (tertiary/aromatic N) is 6. The third-order valence-electron chi connectivity index (χ3n) is 5.49. The van der Waals surface area contributed by atoms with Gasteiger partial charge in [-0.2, -0.15) is 9.41 Å². The Morgan fingerprint density at radius 2 is 1.75 bits per heavy atom. The number of nitro benzene ring substituents is 2. The molecule has 0 fully saturated rings. The summed E-state index contributed by atoms with van der Waals surface area (Å²) in [7, 11) is -2.35. The van der Waals surface area contributed by atoms with Crippen molar-refractivity contribution in [3.05, 3.63) is 74.6 Å². The molecule has 0 bridgehead atoms. The van der Waals surface area contributed by atoms with Gasteiger partial charge in [-0.15, -0.1) is 0 Å². The van der Waals surface area contributed by atoms with Crippen LogP contribution < -0.4 is 5.43 Å². The largest absolute Gasteiger partial charge is 0.329 e. The lowest BCUT2D eigenvalue weighted by Gasteiger charge is -2.26. The Kier molecular flexibility index (Phi) is 10.0. The molecule has 0 radical (unpaired) electrons. The van der Waals surface area contributed by atoms with E-state index in [1.807, 2.05) is 27.7 Å². The Balaban J connectivity index is 1.94. The molecule has 1 aromatic heterocycles. The van der Waals surface area contributed by atoms with E-state index in [4.69, 9.17) is 0 Å². The lowest BCUT2D eigenvalue weighted by molar-refractivity contribution is -0.387. The normalized spacial score (nSPS) is 12.1. The topological polar surface area (TPSA) is 166 Å². The molecule has 1 N–H and O–H groups in total. The van der Waals surface area contributed by atoms with Gasteiger partial charge < -0.3 is 4.57 Å². The van der Waals surface area contributed by atoms with Crippen molar-refractivity contribution in [3.63, 3.8) is 0 Å². The molecule has 0 saturated carbocycles. The van der Waals surface area contributed by atoms with Crippen LogP contribution >= 0.6 is 11.8 Å². The minimum atomic E-state index is -4.13. The maximum absolute atomic E-state index is 13.7. The van der Waals surface area contributed by atoms with Crippen LogP contribution in [0.2, 0.25) is 0 Å². The highest BCUT2D eigenvalue weighted by Crippen LogP contribution is 2.34. The van der Waals surface area contributed by atoms with Crippen LogP contribution in [0.25, 0.3) is 0 Å². The lowest BCUT2D eigenvalue weighted by atomic mass is 10.2. The zero-order valence-corrected chi connectivity index (χ0v) is 24.3. The van der Waals surface area contributed by atoms with E-state index >= 15 is 0 Å². The van der Waals surface area contributed by atoms with Crippen molar-refractivity contribution in [3.8, 4) is 0 Å². The number of benzene rings is 2. The number of rotatable bonds is 13. The second kappa shape index (κ2) is 13.0. The van der Waals surface area contributed by atoms with Crippen molar-refractivity contribution in [1.29, 1.82) is 0 Å². The second-order valence-electron chi connectivity index (χ2n) is 9.82. The van der Waals surface area contributed by atoms with Gasteiger partial charge in [0.15, 0.2) is 5.16 Å². The summed E-state index contributed by atoms with van der Waals surface area (Å²) >= 11 is 1.15. The van der Waals surface area contributed by atoms with Crippen LogP contribution in [0.5, 0.6) is 0 Å². The standard InChI is InChI=1S/C25H31N7O6S2/c1-17(2)15-30(16-18(3)4)40(37,38)24-13-20(31(33)34)7-8-21(24)28-27-14-19-6-9-23(22(12-19)32(35)36)39-25-26-10-11-29(25)5/h6-14,17-18,28H,15-16H2,1-5H3/b27-14-. The van der Waals surface area contributed by atoms with E-state index in [0.29, 0.717) is 15.6 Å². The van der Waals surface area contributed by atoms with Crippen LogP contribution in [0.3, 0.4) is 0 Å². The molecule has 0 saturated heterocycles. The van der Waals surface area contributed by atoms with Gasteiger partial charge in [0.05, 0.1) is 26.6 Å². The number of sulfonamides is 1. The van der Waals surface area contributed by atoms with E-state index in [9.17, 15) is 28.6 Å². The van der Waals surface area contributed by atoms with E-state index in [-0.39, 0.29) is 46.9 Å². The van der Waals surface area contributed by atoms with Crippen LogP contribution in [0.15, 0.2) is 68.8 Å². The molecule has 0 spiro atoms. The molecule has 0 aliphatic heterocycles. The fraction of sp³-hybridized carbons (Fsp3) is 0.360. The molecule has 40 heavy (non-hydrogen) atoms. The first-order valence-corrected chi connectivity index (χ1v) is 14.6. The van der Waals surface area contributed by atoms with Crippen molar-refractivity contribution in [1.82, 2.24) is 13.9 Å². The van der Waals surface area contributed by atoms with Gasteiger partial charge in [-0.3, -0.25) is 25.7 Å². The Bertz CT molecular complexity index is 1510. The summed E-state index contributed by atoms with van der Waals surface area (Å²) in [5.74, 6) is 0.0481.